The van der Waals surface area contributed by atoms with Crippen molar-refractivity contribution in [1.82, 2.24) is 4.57 Å². The predicted octanol–water partition coefficient (Wildman–Crippen LogP) is 3.87. The second kappa shape index (κ2) is 10.0. The van der Waals surface area contributed by atoms with Gasteiger partial charge in [0.2, 0.25) is 5.76 Å². The molecule has 8 nitrogen and oxygen atoms in total. The van der Waals surface area contributed by atoms with Crippen molar-refractivity contribution in [3.63, 3.8) is 0 Å². The van der Waals surface area contributed by atoms with Gasteiger partial charge < -0.3 is 13.9 Å². The summed E-state index contributed by atoms with van der Waals surface area (Å²) in [6.45, 7) is 1.70. The highest BCUT2D eigenvalue weighted by atomic mass is 35.5. The third kappa shape index (κ3) is 4.78. The van der Waals surface area contributed by atoms with E-state index in [0.29, 0.717) is 25.6 Å². The summed E-state index contributed by atoms with van der Waals surface area (Å²) in [6, 6.07) is 16.0. The number of aromatic nitrogens is 1. The molecule has 0 radical (unpaired) electrons. The maximum Gasteiger partial charge on any atom is 0.379 e. The van der Waals surface area contributed by atoms with Crippen molar-refractivity contribution >= 4 is 41.0 Å². The van der Waals surface area contributed by atoms with Crippen LogP contribution in [0.4, 0.5) is 0 Å². The number of furan rings is 1. The number of hydrogen-bond acceptors (Lipinski definition) is 8. The molecule has 0 aliphatic carbocycles. The molecule has 0 spiro atoms. The van der Waals surface area contributed by atoms with Crippen LogP contribution in [0.2, 0.25) is 5.02 Å². The Balaban J connectivity index is 1.58. The van der Waals surface area contributed by atoms with Gasteiger partial charge in [-0.15, -0.1) is 0 Å². The predicted molar refractivity (Wildman–Crippen MR) is 137 cm³/mol. The number of fused-ring (bicyclic) bond motifs is 1. The van der Waals surface area contributed by atoms with Gasteiger partial charge in [-0.3, -0.25) is 9.36 Å². The first kappa shape index (κ1) is 24.5. The van der Waals surface area contributed by atoms with E-state index in [0.717, 1.165) is 5.56 Å². The number of hydrogen-bond donors (Lipinski definition) is 0. The fourth-order valence-electron chi connectivity index (χ4n) is 3.99. The van der Waals surface area contributed by atoms with E-state index in [1.807, 2.05) is 12.1 Å². The lowest BCUT2D eigenvalue weighted by Gasteiger charge is -2.24. The molecule has 0 N–H and O–H groups in total. The third-order valence-electron chi connectivity index (χ3n) is 5.72. The van der Waals surface area contributed by atoms with Crippen molar-refractivity contribution < 1.29 is 23.5 Å². The number of halogens is 1. The van der Waals surface area contributed by atoms with Crippen molar-refractivity contribution in [2.24, 2.45) is 4.99 Å². The second-order valence-corrected chi connectivity index (χ2v) is 9.51. The number of carbonyl (C=O) groups excluding carboxylic acids is 2. The molecule has 1 aliphatic heterocycles. The van der Waals surface area contributed by atoms with Gasteiger partial charge in [-0.05, 0) is 60.5 Å². The van der Waals surface area contributed by atoms with Crippen LogP contribution < -0.4 is 19.6 Å². The fourth-order valence-corrected chi connectivity index (χ4v) is 5.16. The average Bonchev–Trinajstić information content (AvgIpc) is 3.54. The molecular formula is C27H19ClN2O6S. The molecule has 1 aliphatic rings. The Morgan fingerprint density at radius 1 is 1.08 bits per heavy atom. The van der Waals surface area contributed by atoms with Crippen molar-refractivity contribution in [2.45, 2.75) is 13.0 Å². The zero-order valence-electron chi connectivity index (χ0n) is 19.6. The van der Waals surface area contributed by atoms with Crippen LogP contribution >= 0.6 is 22.9 Å². The summed E-state index contributed by atoms with van der Waals surface area (Å²) in [5.74, 6) is -0.880. The van der Waals surface area contributed by atoms with E-state index < -0.39 is 18.0 Å². The third-order valence-corrected chi connectivity index (χ3v) is 6.96. The molecule has 10 heteroatoms. The lowest BCUT2D eigenvalue weighted by molar-refractivity contribution is -0.136. The highest BCUT2D eigenvalue weighted by Crippen LogP contribution is 2.31. The Morgan fingerprint density at radius 3 is 2.46 bits per heavy atom. The summed E-state index contributed by atoms with van der Waals surface area (Å²) in [7, 11) is 1.28. The zero-order chi connectivity index (χ0) is 26.1. The molecule has 37 heavy (non-hydrogen) atoms. The number of carbonyl (C=O) groups is 2. The normalized spacial score (nSPS) is 15.2. The van der Waals surface area contributed by atoms with Crippen molar-refractivity contribution in [3.05, 3.63) is 120 Å². The van der Waals surface area contributed by atoms with Crippen LogP contribution in [0, 0.1) is 0 Å². The highest BCUT2D eigenvalue weighted by Gasteiger charge is 2.33. The Bertz CT molecular complexity index is 1700. The van der Waals surface area contributed by atoms with Gasteiger partial charge in [-0.25, -0.2) is 14.6 Å². The SMILES string of the molecule is COC(=O)C1=C(C)N=c2s/c(=C/c3ccc(Cl)cc3)c(=O)n2[C@@H]1c1ccc(OC(=O)c2ccco2)cc1. The summed E-state index contributed by atoms with van der Waals surface area (Å²) < 4.78 is 17.4. The van der Waals surface area contributed by atoms with Gasteiger partial charge in [0.25, 0.3) is 5.56 Å². The number of methoxy groups -OCH3 is 1. The minimum atomic E-state index is -0.786. The summed E-state index contributed by atoms with van der Waals surface area (Å²) in [5, 5.41) is 0.593. The lowest BCUT2D eigenvalue weighted by atomic mass is 9.96. The van der Waals surface area contributed by atoms with Gasteiger partial charge in [-0.2, -0.15) is 0 Å². The Morgan fingerprint density at radius 2 is 1.81 bits per heavy atom. The van der Waals surface area contributed by atoms with E-state index in [1.165, 1.54) is 35.3 Å². The highest BCUT2D eigenvalue weighted by molar-refractivity contribution is 7.07. The Labute approximate surface area is 219 Å². The maximum absolute atomic E-state index is 13.6. The average molecular weight is 535 g/mol. The molecule has 4 aromatic rings. The van der Waals surface area contributed by atoms with Gasteiger partial charge in [0.05, 0.1) is 35.2 Å². The summed E-state index contributed by atoms with van der Waals surface area (Å²) in [4.78, 5) is 43.6. The van der Waals surface area contributed by atoms with Crippen molar-refractivity contribution in [3.8, 4) is 5.75 Å². The molecule has 0 bridgehead atoms. The number of ether oxygens (including phenoxy) is 2. The number of nitrogens with zero attached hydrogens (tertiary/aromatic N) is 2. The molecule has 2 aromatic carbocycles. The van der Waals surface area contributed by atoms with E-state index in [4.69, 9.17) is 25.5 Å². The van der Waals surface area contributed by atoms with E-state index in [-0.39, 0.29) is 22.6 Å². The Kier molecular flexibility index (Phi) is 6.64. The molecule has 0 fully saturated rings. The van der Waals surface area contributed by atoms with E-state index >= 15 is 0 Å². The van der Waals surface area contributed by atoms with Crippen LogP contribution in [0.25, 0.3) is 6.08 Å². The molecule has 2 aromatic heterocycles. The monoisotopic (exact) mass is 534 g/mol. The maximum atomic E-state index is 13.6. The van der Waals surface area contributed by atoms with Gasteiger partial charge in [0.15, 0.2) is 4.80 Å². The molecule has 5 rings (SSSR count). The van der Waals surface area contributed by atoms with E-state index in [1.54, 1.807) is 55.5 Å². The van der Waals surface area contributed by atoms with Crippen LogP contribution in [0.5, 0.6) is 5.75 Å². The van der Waals surface area contributed by atoms with E-state index in [2.05, 4.69) is 4.99 Å². The molecule has 3 heterocycles. The molecular weight excluding hydrogens is 516 g/mol. The minimum Gasteiger partial charge on any atom is -0.466 e. The van der Waals surface area contributed by atoms with Crippen molar-refractivity contribution in [2.75, 3.05) is 7.11 Å². The summed E-state index contributed by atoms with van der Waals surface area (Å²) in [5.41, 5.74) is 1.81. The van der Waals surface area contributed by atoms with Crippen LogP contribution in [-0.4, -0.2) is 23.6 Å². The molecule has 1 atom stereocenters. The van der Waals surface area contributed by atoms with Gasteiger partial charge in [0.1, 0.15) is 5.75 Å². The van der Waals surface area contributed by atoms with Crippen LogP contribution in [0.15, 0.2) is 92.4 Å². The van der Waals surface area contributed by atoms with Crippen LogP contribution in [-0.2, 0) is 9.53 Å². The first-order valence-electron chi connectivity index (χ1n) is 11.1. The minimum absolute atomic E-state index is 0.0726. The fraction of sp³-hybridized carbons (Fsp3) is 0.111. The summed E-state index contributed by atoms with van der Waals surface area (Å²) >= 11 is 7.21. The second-order valence-electron chi connectivity index (χ2n) is 8.06. The first-order chi connectivity index (χ1) is 17.9. The molecule has 0 amide bonds. The van der Waals surface area contributed by atoms with Gasteiger partial charge in [0, 0.05) is 5.02 Å². The molecule has 0 saturated heterocycles. The quantitative estimate of drug-likeness (QED) is 0.285. The molecule has 0 saturated carbocycles. The number of allylic oxidation sites excluding steroid dienone is 1. The van der Waals surface area contributed by atoms with Gasteiger partial charge >= 0.3 is 11.9 Å². The molecule has 186 valence electrons. The Hall–Kier alpha value is -4.21. The number of benzene rings is 2. The van der Waals surface area contributed by atoms with E-state index in [9.17, 15) is 14.4 Å². The van der Waals surface area contributed by atoms with Crippen molar-refractivity contribution in [1.29, 1.82) is 0 Å². The molecule has 0 unspecified atom stereocenters. The summed E-state index contributed by atoms with van der Waals surface area (Å²) in [6.07, 6.45) is 3.14. The number of rotatable bonds is 5. The topological polar surface area (TPSA) is 100 Å². The van der Waals surface area contributed by atoms with Crippen LogP contribution in [0.1, 0.15) is 34.6 Å². The zero-order valence-corrected chi connectivity index (χ0v) is 21.2. The largest absolute Gasteiger partial charge is 0.466 e. The number of thiazole rings is 1. The smallest absolute Gasteiger partial charge is 0.379 e. The van der Waals surface area contributed by atoms with Gasteiger partial charge in [-0.1, -0.05) is 47.2 Å². The standard InChI is InChI=1S/C27H19ClN2O6S/c1-15-22(26(33)34-2)23(17-7-11-19(12-8-17)36-25(32)20-4-3-13-35-20)30-24(31)21(37-27(30)29-15)14-16-5-9-18(28)10-6-16/h3-14,23H,1-2H3/b21-14+/t23-/m1/s1. The van der Waals surface area contributed by atoms with Crippen LogP contribution in [0.3, 0.4) is 0 Å². The first-order valence-corrected chi connectivity index (χ1v) is 12.3. The number of esters is 2. The lowest BCUT2D eigenvalue weighted by Crippen LogP contribution is -2.39.